The predicted octanol–water partition coefficient (Wildman–Crippen LogP) is 5.01. The van der Waals surface area contributed by atoms with Crippen LogP contribution in [-0.2, 0) is 14.3 Å². The van der Waals surface area contributed by atoms with Gasteiger partial charge in [0.15, 0.2) is 5.82 Å². The molecule has 2 aromatic rings. The van der Waals surface area contributed by atoms with E-state index in [2.05, 4.69) is 15.3 Å². The molecule has 4 rings (SSSR count). The molecule has 1 aromatic heterocycles. The SMILES string of the molecule is CCCCOC(=O)c1cccc(-c2nc(OC3CCCC3)cc(C(=O)NC(CC)C(=O)N3CCN(C(=O)OCCCC)CC3)n2)c1. The van der Waals surface area contributed by atoms with Crippen molar-refractivity contribution in [3.05, 3.63) is 41.6 Å². The van der Waals surface area contributed by atoms with E-state index in [0.29, 0.717) is 56.9 Å². The molecule has 1 atom stereocenters. The molecule has 12 nitrogen and oxygen atoms in total. The summed E-state index contributed by atoms with van der Waals surface area (Å²) in [7, 11) is 0. The topological polar surface area (TPSA) is 140 Å². The van der Waals surface area contributed by atoms with Crippen LogP contribution in [0.4, 0.5) is 4.79 Å². The first-order valence-corrected chi connectivity index (χ1v) is 16.7. The van der Waals surface area contributed by atoms with Crippen molar-refractivity contribution in [1.29, 1.82) is 0 Å². The van der Waals surface area contributed by atoms with E-state index in [4.69, 9.17) is 14.2 Å². The Balaban J connectivity index is 1.48. The van der Waals surface area contributed by atoms with Crippen LogP contribution in [0.5, 0.6) is 5.88 Å². The maximum absolute atomic E-state index is 13.6. The van der Waals surface area contributed by atoms with Gasteiger partial charge in [-0.15, -0.1) is 0 Å². The van der Waals surface area contributed by atoms with Gasteiger partial charge in [0.05, 0.1) is 18.8 Å². The second-order valence-electron chi connectivity index (χ2n) is 11.7. The third kappa shape index (κ3) is 9.64. The number of benzene rings is 1. The van der Waals surface area contributed by atoms with Crippen molar-refractivity contribution in [3.63, 3.8) is 0 Å². The van der Waals surface area contributed by atoms with Gasteiger partial charge >= 0.3 is 12.1 Å². The predicted molar refractivity (Wildman–Crippen MR) is 171 cm³/mol. The first-order valence-electron chi connectivity index (χ1n) is 16.7. The molecule has 0 bridgehead atoms. The molecule has 1 aromatic carbocycles. The molecule has 1 unspecified atom stereocenters. The van der Waals surface area contributed by atoms with Crippen molar-refractivity contribution in [3.8, 4) is 17.3 Å². The highest BCUT2D eigenvalue weighted by Crippen LogP contribution is 2.26. The molecule has 2 fully saturated rings. The number of esters is 1. The van der Waals surface area contributed by atoms with E-state index in [-0.39, 0.29) is 35.5 Å². The summed E-state index contributed by atoms with van der Waals surface area (Å²) in [6.45, 7) is 8.03. The number of ether oxygens (including phenoxy) is 3. The van der Waals surface area contributed by atoms with Gasteiger partial charge in [0.1, 0.15) is 17.8 Å². The number of hydrogen-bond donors (Lipinski definition) is 1. The van der Waals surface area contributed by atoms with Crippen LogP contribution in [0.3, 0.4) is 0 Å². The number of nitrogens with one attached hydrogen (secondary N) is 1. The minimum absolute atomic E-state index is 0.00824. The zero-order valence-corrected chi connectivity index (χ0v) is 27.3. The molecule has 250 valence electrons. The zero-order valence-electron chi connectivity index (χ0n) is 27.3. The van der Waals surface area contributed by atoms with Gasteiger partial charge in [-0.2, -0.15) is 4.98 Å². The Bertz CT molecular complexity index is 1340. The number of piperazine rings is 1. The van der Waals surface area contributed by atoms with E-state index >= 15 is 0 Å². The first kappa shape index (κ1) is 34.6. The molecule has 46 heavy (non-hydrogen) atoms. The summed E-state index contributed by atoms with van der Waals surface area (Å²) >= 11 is 0. The van der Waals surface area contributed by atoms with Crippen molar-refractivity contribution < 1.29 is 33.4 Å². The summed E-state index contributed by atoms with van der Waals surface area (Å²) in [5.41, 5.74) is 0.946. The minimum atomic E-state index is -0.783. The molecule has 1 saturated heterocycles. The molecule has 12 heteroatoms. The Morgan fingerprint density at radius 1 is 0.891 bits per heavy atom. The lowest BCUT2D eigenvalue weighted by Gasteiger charge is -2.35. The second kappa shape index (κ2) is 17.5. The maximum atomic E-state index is 13.6. The Morgan fingerprint density at radius 3 is 2.24 bits per heavy atom. The van der Waals surface area contributed by atoms with Gasteiger partial charge in [-0.1, -0.05) is 45.7 Å². The average Bonchev–Trinajstić information content (AvgIpc) is 3.60. The third-order valence-corrected chi connectivity index (χ3v) is 8.20. The number of rotatable bonds is 14. The van der Waals surface area contributed by atoms with Crippen LogP contribution < -0.4 is 10.1 Å². The molecule has 3 amide bonds. The van der Waals surface area contributed by atoms with Crippen molar-refractivity contribution in [1.82, 2.24) is 25.1 Å². The maximum Gasteiger partial charge on any atom is 0.409 e. The molecule has 1 N–H and O–H groups in total. The third-order valence-electron chi connectivity index (χ3n) is 8.20. The van der Waals surface area contributed by atoms with E-state index in [0.717, 1.165) is 51.4 Å². The molecular weight excluding hydrogens is 590 g/mol. The zero-order chi connectivity index (χ0) is 32.9. The standard InChI is InChI=1S/C34H47N5O7/c1-4-7-20-44-33(42)25-13-11-12-24(22-25)30-35-28(23-29(37-30)46-26-14-9-10-15-26)31(40)36-27(6-3)32(41)38-16-18-39(19-17-38)34(43)45-21-8-5-2/h11-13,22-23,26-27H,4-10,14-21H2,1-3H3,(H,36,40). The normalized spacial score (nSPS) is 15.7. The molecular formula is C34H47N5O7. The number of carbonyl (C=O) groups is 4. The number of aromatic nitrogens is 2. The molecule has 1 saturated carbocycles. The van der Waals surface area contributed by atoms with E-state index in [1.807, 2.05) is 20.8 Å². The highest BCUT2D eigenvalue weighted by molar-refractivity contribution is 5.97. The van der Waals surface area contributed by atoms with Crippen LogP contribution in [0.1, 0.15) is 99.4 Å². The number of hydrogen-bond acceptors (Lipinski definition) is 9. The molecule has 1 aliphatic heterocycles. The van der Waals surface area contributed by atoms with Gasteiger partial charge in [-0.3, -0.25) is 9.59 Å². The Kier molecular flexibility index (Phi) is 13.2. The van der Waals surface area contributed by atoms with E-state index in [1.165, 1.54) is 6.07 Å². The summed E-state index contributed by atoms with van der Waals surface area (Å²) in [5, 5.41) is 2.85. The van der Waals surface area contributed by atoms with E-state index in [1.54, 1.807) is 34.1 Å². The summed E-state index contributed by atoms with van der Waals surface area (Å²) < 4.78 is 16.8. The quantitative estimate of drug-likeness (QED) is 0.224. The Morgan fingerprint density at radius 2 is 1.57 bits per heavy atom. The van der Waals surface area contributed by atoms with Gasteiger partial charge in [-0.05, 0) is 57.1 Å². The summed E-state index contributed by atoms with van der Waals surface area (Å²) in [4.78, 5) is 64.4. The molecule has 2 heterocycles. The van der Waals surface area contributed by atoms with Crippen LogP contribution >= 0.6 is 0 Å². The van der Waals surface area contributed by atoms with E-state index < -0.39 is 17.9 Å². The second-order valence-corrected chi connectivity index (χ2v) is 11.7. The lowest BCUT2D eigenvalue weighted by molar-refractivity contribution is -0.134. The van der Waals surface area contributed by atoms with Crippen molar-refractivity contribution >= 4 is 23.9 Å². The van der Waals surface area contributed by atoms with Gasteiger partial charge in [-0.25, -0.2) is 14.6 Å². The smallest absolute Gasteiger partial charge is 0.409 e. The number of carbonyl (C=O) groups excluding carboxylic acids is 4. The van der Waals surface area contributed by atoms with Gasteiger partial charge in [0, 0.05) is 37.8 Å². The fraction of sp³-hybridized carbons (Fsp3) is 0.588. The van der Waals surface area contributed by atoms with Crippen molar-refractivity contribution in [2.24, 2.45) is 0 Å². The van der Waals surface area contributed by atoms with Crippen LogP contribution in [0.2, 0.25) is 0 Å². The monoisotopic (exact) mass is 637 g/mol. The summed E-state index contributed by atoms with van der Waals surface area (Å²) in [5.74, 6) is -0.705. The molecule has 0 radical (unpaired) electrons. The lowest BCUT2D eigenvalue weighted by Crippen LogP contribution is -2.55. The number of unbranched alkanes of at least 4 members (excludes halogenated alkanes) is 2. The fourth-order valence-electron chi connectivity index (χ4n) is 5.38. The largest absolute Gasteiger partial charge is 0.474 e. The van der Waals surface area contributed by atoms with Gasteiger partial charge < -0.3 is 29.3 Å². The Hall–Kier alpha value is -4.22. The Labute approximate surface area is 271 Å². The molecule has 0 spiro atoms. The highest BCUT2D eigenvalue weighted by Gasteiger charge is 2.30. The van der Waals surface area contributed by atoms with Crippen LogP contribution in [-0.4, -0.2) is 95.2 Å². The number of amides is 3. The van der Waals surface area contributed by atoms with Crippen LogP contribution in [0.15, 0.2) is 30.3 Å². The van der Waals surface area contributed by atoms with Gasteiger partial charge in [0.2, 0.25) is 11.8 Å². The molecule has 1 aliphatic carbocycles. The molecule has 2 aliphatic rings. The summed E-state index contributed by atoms with van der Waals surface area (Å²) in [6.07, 6.45) is 7.36. The lowest BCUT2D eigenvalue weighted by atomic mass is 10.1. The van der Waals surface area contributed by atoms with Crippen molar-refractivity contribution in [2.45, 2.75) is 90.7 Å². The fourth-order valence-corrected chi connectivity index (χ4v) is 5.38. The first-order chi connectivity index (χ1) is 22.3. The minimum Gasteiger partial charge on any atom is -0.474 e. The van der Waals surface area contributed by atoms with Crippen LogP contribution in [0, 0.1) is 0 Å². The van der Waals surface area contributed by atoms with Crippen LogP contribution in [0.25, 0.3) is 11.4 Å². The van der Waals surface area contributed by atoms with Crippen molar-refractivity contribution in [2.75, 3.05) is 39.4 Å². The summed E-state index contributed by atoms with van der Waals surface area (Å²) in [6, 6.07) is 7.50. The van der Waals surface area contributed by atoms with Gasteiger partial charge in [0.25, 0.3) is 5.91 Å². The highest BCUT2D eigenvalue weighted by atomic mass is 16.6. The average molecular weight is 638 g/mol. The van der Waals surface area contributed by atoms with E-state index in [9.17, 15) is 19.2 Å². The number of nitrogens with zero attached hydrogens (tertiary/aromatic N) is 4.